The molecule has 0 aliphatic carbocycles. The fourth-order valence-electron chi connectivity index (χ4n) is 1.79. The van der Waals surface area contributed by atoms with Gasteiger partial charge < -0.3 is 5.73 Å². The molecule has 2 rings (SSSR count). The molecule has 2 aromatic rings. The van der Waals surface area contributed by atoms with E-state index in [1.165, 1.54) is 0 Å². The van der Waals surface area contributed by atoms with Gasteiger partial charge in [-0.3, -0.25) is 9.59 Å². The Kier molecular flexibility index (Phi) is 4.46. The van der Waals surface area contributed by atoms with E-state index < -0.39 is 11.8 Å². The molecule has 0 radical (unpaired) electrons. The predicted molar refractivity (Wildman–Crippen MR) is 81.4 cm³/mol. The van der Waals surface area contributed by atoms with E-state index >= 15 is 0 Å². The van der Waals surface area contributed by atoms with Crippen molar-refractivity contribution >= 4 is 17.5 Å². The molecule has 21 heavy (non-hydrogen) atoms. The first-order valence-electron chi connectivity index (χ1n) is 6.38. The maximum atomic E-state index is 11.0. The van der Waals surface area contributed by atoms with Gasteiger partial charge in [-0.25, -0.2) is 5.43 Å². The van der Waals surface area contributed by atoms with Crippen LogP contribution in [0, 0.1) is 0 Å². The summed E-state index contributed by atoms with van der Waals surface area (Å²) in [5.74, 6) is -2.00. The SMILES string of the molecule is CC(=NNC(=O)C(N)=O)c1ccc(-c2ccccc2)cc1. The van der Waals surface area contributed by atoms with Gasteiger partial charge in [-0.2, -0.15) is 5.10 Å². The number of hydrazone groups is 1. The Morgan fingerprint density at radius 3 is 2.10 bits per heavy atom. The summed E-state index contributed by atoms with van der Waals surface area (Å²) in [6.07, 6.45) is 0. The molecule has 0 spiro atoms. The molecule has 0 fully saturated rings. The second-order valence-electron chi connectivity index (χ2n) is 4.45. The maximum absolute atomic E-state index is 11.0. The summed E-state index contributed by atoms with van der Waals surface area (Å²) in [4.78, 5) is 21.6. The first-order chi connectivity index (χ1) is 10.1. The number of hydrogen-bond acceptors (Lipinski definition) is 3. The van der Waals surface area contributed by atoms with E-state index in [4.69, 9.17) is 5.73 Å². The number of nitrogens with zero attached hydrogens (tertiary/aromatic N) is 1. The molecule has 0 aromatic heterocycles. The molecular weight excluding hydrogens is 266 g/mol. The van der Waals surface area contributed by atoms with Crippen LogP contribution < -0.4 is 11.2 Å². The molecular formula is C16H15N3O2. The lowest BCUT2D eigenvalue weighted by atomic mass is 10.0. The van der Waals surface area contributed by atoms with Crippen molar-refractivity contribution in [1.82, 2.24) is 5.43 Å². The number of nitrogens with one attached hydrogen (secondary N) is 1. The fourth-order valence-corrected chi connectivity index (χ4v) is 1.79. The number of rotatable bonds is 3. The summed E-state index contributed by atoms with van der Waals surface area (Å²) in [5.41, 5.74) is 10.6. The monoisotopic (exact) mass is 281 g/mol. The van der Waals surface area contributed by atoms with Crippen LogP contribution in [0.1, 0.15) is 12.5 Å². The zero-order chi connectivity index (χ0) is 15.2. The number of carbonyl (C=O) groups excluding carboxylic acids is 2. The van der Waals surface area contributed by atoms with Crippen LogP contribution in [-0.2, 0) is 9.59 Å². The standard InChI is InChI=1S/C16H15N3O2/c1-11(18-19-16(21)15(17)20)12-7-9-14(10-8-12)13-5-3-2-4-6-13/h2-10H,1H3,(H2,17,20)(H,19,21). The highest BCUT2D eigenvalue weighted by Gasteiger charge is 2.07. The third kappa shape index (κ3) is 3.76. The minimum absolute atomic E-state index is 0.587. The van der Waals surface area contributed by atoms with Gasteiger partial charge >= 0.3 is 11.8 Å². The van der Waals surface area contributed by atoms with E-state index in [9.17, 15) is 9.59 Å². The van der Waals surface area contributed by atoms with Crippen molar-refractivity contribution in [2.45, 2.75) is 6.92 Å². The van der Waals surface area contributed by atoms with Gasteiger partial charge in [0.1, 0.15) is 0 Å². The molecule has 0 saturated heterocycles. The fraction of sp³-hybridized carbons (Fsp3) is 0.0625. The Bertz CT molecular complexity index is 676. The average Bonchev–Trinajstić information content (AvgIpc) is 2.53. The normalized spacial score (nSPS) is 11.0. The van der Waals surface area contributed by atoms with Gasteiger partial charge in [0.25, 0.3) is 0 Å². The number of primary amides is 1. The second-order valence-corrected chi connectivity index (χ2v) is 4.45. The van der Waals surface area contributed by atoms with E-state index in [2.05, 4.69) is 10.5 Å². The van der Waals surface area contributed by atoms with Crippen LogP contribution in [0.5, 0.6) is 0 Å². The lowest BCUT2D eigenvalue weighted by molar-refractivity contribution is -0.137. The van der Waals surface area contributed by atoms with Crippen LogP contribution in [0.25, 0.3) is 11.1 Å². The molecule has 5 heteroatoms. The Morgan fingerprint density at radius 2 is 1.52 bits per heavy atom. The van der Waals surface area contributed by atoms with Crippen LogP contribution in [-0.4, -0.2) is 17.5 Å². The number of benzene rings is 2. The van der Waals surface area contributed by atoms with Crippen LogP contribution in [0.15, 0.2) is 59.7 Å². The van der Waals surface area contributed by atoms with E-state index in [0.717, 1.165) is 16.7 Å². The first-order valence-corrected chi connectivity index (χ1v) is 6.38. The van der Waals surface area contributed by atoms with Gasteiger partial charge in [0.05, 0.1) is 5.71 Å². The van der Waals surface area contributed by atoms with Gasteiger partial charge in [-0.05, 0) is 23.6 Å². The number of hydrogen-bond donors (Lipinski definition) is 2. The van der Waals surface area contributed by atoms with E-state index in [-0.39, 0.29) is 0 Å². The van der Waals surface area contributed by atoms with Crippen LogP contribution in [0.4, 0.5) is 0 Å². The smallest absolute Gasteiger partial charge is 0.329 e. The zero-order valence-electron chi connectivity index (χ0n) is 11.5. The topological polar surface area (TPSA) is 84.6 Å². The highest BCUT2D eigenvalue weighted by atomic mass is 16.2. The number of nitrogens with two attached hydrogens (primary N) is 1. The van der Waals surface area contributed by atoms with Gasteiger partial charge in [0, 0.05) is 0 Å². The van der Waals surface area contributed by atoms with Crippen molar-refractivity contribution in [3.05, 3.63) is 60.2 Å². The van der Waals surface area contributed by atoms with Crippen molar-refractivity contribution in [3.8, 4) is 11.1 Å². The molecule has 0 saturated carbocycles. The Balaban J connectivity index is 2.13. The average molecular weight is 281 g/mol. The lowest BCUT2D eigenvalue weighted by Gasteiger charge is -2.04. The highest BCUT2D eigenvalue weighted by molar-refractivity contribution is 6.34. The second kappa shape index (κ2) is 6.47. The van der Waals surface area contributed by atoms with E-state index in [1.54, 1.807) is 6.92 Å². The maximum Gasteiger partial charge on any atom is 0.329 e. The minimum atomic E-state index is -1.06. The van der Waals surface area contributed by atoms with Crippen molar-refractivity contribution in [3.63, 3.8) is 0 Å². The molecule has 0 bridgehead atoms. The van der Waals surface area contributed by atoms with Crippen LogP contribution in [0.2, 0.25) is 0 Å². The summed E-state index contributed by atoms with van der Waals surface area (Å²) in [6.45, 7) is 1.73. The largest absolute Gasteiger partial charge is 0.361 e. The molecule has 0 aliphatic rings. The van der Waals surface area contributed by atoms with Crippen molar-refractivity contribution in [1.29, 1.82) is 0 Å². The van der Waals surface area contributed by atoms with Gasteiger partial charge in [0.15, 0.2) is 0 Å². The Morgan fingerprint density at radius 1 is 0.952 bits per heavy atom. The first kappa shape index (κ1) is 14.5. The molecule has 5 nitrogen and oxygen atoms in total. The summed E-state index contributed by atoms with van der Waals surface area (Å²) >= 11 is 0. The van der Waals surface area contributed by atoms with E-state index in [1.807, 2.05) is 54.6 Å². The molecule has 3 N–H and O–H groups in total. The molecule has 2 amide bonds. The number of amides is 2. The highest BCUT2D eigenvalue weighted by Crippen LogP contribution is 2.19. The van der Waals surface area contributed by atoms with Gasteiger partial charge in [0.2, 0.25) is 0 Å². The van der Waals surface area contributed by atoms with Crippen molar-refractivity contribution in [2.75, 3.05) is 0 Å². The Labute approximate surface area is 122 Å². The van der Waals surface area contributed by atoms with Crippen LogP contribution in [0.3, 0.4) is 0 Å². The molecule has 0 heterocycles. The van der Waals surface area contributed by atoms with Crippen LogP contribution >= 0.6 is 0 Å². The summed E-state index contributed by atoms with van der Waals surface area (Å²) in [7, 11) is 0. The van der Waals surface area contributed by atoms with Gasteiger partial charge in [-0.1, -0.05) is 54.6 Å². The van der Waals surface area contributed by atoms with Crippen molar-refractivity contribution < 1.29 is 9.59 Å². The summed E-state index contributed by atoms with van der Waals surface area (Å²) in [6, 6.07) is 17.7. The van der Waals surface area contributed by atoms with Crippen molar-refractivity contribution in [2.24, 2.45) is 10.8 Å². The minimum Gasteiger partial charge on any atom is -0.361 e. The molecule has 0 unspecified atom stereocenters. The molecule has 0 aliphatic heterocycles. The molecule has 2 aromatic carbocycles. The summed E-state index contributed by atoms with van der Waals surface area (Å²) in [5, 5.41) is 3.83. The van der Waals surface area contributed by atoms with Gasteiger partial charge in [-0.15, -0.1) is 0 Å². The molecule has 0 atom stereocenters. The third-order valence-corrected chi connectivity index (χ3v) is 2.96. The molecule has 106 valence electrons. The predicted octanol–water partition coefficient (Wildman–Crippen LogP) is 1.68. The Hall–Kier alpha value is -2.95. The van der Waals surface area contributed by atoms with E-state index in [0.29, 0.717) is 5.71 Å². The zero-order valence-corrected chi connectivity index (χ0v) is 11.5. The third-order valence-electron chi connectivity index (χ3n) is 2.96. The lowest BCUT2D eigenvalue weighted by Crippen LogP contribution is -2.33. The summed E-state index contributed by atoms with van der Waals surface area (Å²) < 4.78 is 0. The quantitative estimate of drug-likeness (QED) is 0.509. The number of carbonyl (C=O) groups is 2.